The zero-order valence-corrected chi connectivity index (χ0v) is 12.7. The minimum absolute atomic E-state index is 0. The van der Waals surface area contributed by atoms with Gasteiger partial charge in [0.25, 0.3) is 11.6 Å². The molecule has 21 heavy (non-hydrogen) atoms. The molecule has 1 aromatic rings. The molecular formula is C13H15Cl2N3O3. The Bertz CT molecular complexity index is 570. The molecule has 6 nitrogen and oxygen atoms in total. The number of fused-ring (bicyclic) bond motifs is 1. The molecule has 114 valence electrons. The van der Waals surface area contributed by atoms with Gasteiger partial charge >= 0.3 is 0 Å². The molecule has 2 aliphatic heterocycles. The van der Waals surface area contributed by atoms with Crippen molar-refractivity contribution in [2.75, 3.05) is 26.2 Å². The topological polar surface area (TPSA) is 75.5 Å². The van der Waals surface area contributed by atoms with Crippen molar-refractivity contribution in [1.82, 2.24) is 10.2 Å². The van der Waals surface area contributed by atoms with Crippen LogP contribution in [-0.2, 0) is 0 Å². The highest BCUT2D eigenvalue weighted by Gasteiger charge is 2.38. The van der Waals surface area contributed by atoms with Crippen molar-refractivity contribution < 1.29 is 9.72 Å². The van der Waals surface area contributed by atoms with Crippen LogP contribution < -0.4 is 5.32 Å². The van der Waals surface area contributed by atoms with Crippen LogP contribution in [0.3, 0.4) is 0 Å². The number of halogens is 2. The van der Waals surface area contributed by atoms with Gasteiger partial charge in [-0.2, -0.15) is 0 Å². The fourth-order valence-electron chi connectivity index (χ4n) is 2.98. The van der Waals surface area contributed by atoms with E-state index in [1.54, 1.807) is 4.90 Å². The standard InChI is InChI=1S/C13H14ClN3O3.ClH/c14-12-3-10(17(19)20)1-2-11(12)13(18)16-6-8-4-15-5-9(8)7-16;/h1-3,8-9,15H,4-7H2;1H/t8-,9+;. The van der Waals surface area contributed by atoms with E-state index in [2.05, 4.69) is 5.32 Å². The van der Waals surface area contributed by atoms with Gasteiger partial charge in [0.05, 0.1) is 15.5 Å². The van der Waals surface area contributed by atoms with Crippen molar-refractivity contribution in [3.05, 3.63) is 38.9 Å². The van der Waals surface area contributed by atoms with Crippen molar-refractivity contribution >= 4 is 35.6 Å². The summed E-state index contributed by atoms with van der Waals surface area (Å²) in [6, 6.07) is 3.99. The average Bonchev–Trinajstić information content (AvgIpc) is 2.98. The molecule has 8 heteroatoms. The molecule has 0 saturated carbocycles. The van der Waals surface area contributed by atoms with Crippen LogP contribution in [0, 0.1) is 22.0 Å². The van der Waals surface area contributed by atoms with Crippen LogP contribution in [0.5, 0.6) is 0 Å². The second-order valence-corrected chi connectivity index (χ2v) is 5.72. The van der Waals surface area contributed by atoms with Gasteiger partial charge in [0.2, 0.25) is 0 Å². The van der Waals surface area contributed by atoms with Gasteiger partial charge in [0.15, 0.2) is 0 Å². The largest absolute Gasteiger partial charge is 0.338 e. The van der Waals surface area contributed by atoms with Gasteiger partial charge in [-0.25, -0.2) is 0 Å². The quantitative estimate of drug-likeness (QED) is 0.664. The fourth-order valence-corrected chi connectivity index (χ4v) is 3.24. The minimum Gasteiger partial charge on any atom is -0.338 e. The van der Waals surface area contributed by atoms with Crippen molar-refractivity contribution in [2.24, 2.45) is 11.8 Å². The molecule has 0 spiro atoms. The second-order valence-electron chi connectivity index (χ2n) is 5.31. The molecule has 0 radical (unpaired) electrons. The Morgan fingerprint density at radius 3 is 2.48 bits per heavy atom. The lowest BCUT2D eigenvalue weighted by Crippen LogP contribution is -2.32. The summed E-state index contributed by atoms with van der Waals surface area (Å²) in [5.74, 6) is 0.880. The van der Waals surface area contributed by atoms with Crippen LogP contribution in [0.4, 0.5) is 5.69 Å². The first-order chi connectivity index (χ1) is 9.56. The molecule has 0 aliphatic carbocycles. The summed E-state index contributed by atoms with van der Waals surface area (Å²) in [5.41, 5.74) is 0.235. The van der Waals surface area contributed by atoms with E-state index in [9.17, 15) is 14.9 Å². The number of nitro benzene ring substituents is 1. The summed E-state index contributed by atoms with van der Waals surface area (Å²) in [5, 5.41) is 14.1. The monoisotopic (exact) mass is 331 g/mol. The number of carbonyl (C=O) groups is 1. The molecule has 1 aromatic carbocycles. The highest BCUT2D eigenvalue weighted by Crippen LogP contribution is 2.30. The van der Waals surface area contributed by atoms with E-state index in [-0.39, 0.29) is 29.0 Å². The molecule has 0 bridgehead atoms. The lowest BCUT2D eigenvalue weighted by Gasteiger charge is -2.18. The maximum Gasteiger partial charge on any atom is 0.270 e. The first-order valence-corrected chi connectivity index (χ1v) is 6.88. The maximum absolute atomic E-state index is 12.4. The predicted molar refractivity (Wildman–Crippen MR) is 81.1 cm³/mol. The number of hydrogen-bond donors (Lipinski definition) is 1. The molecule has 0 aromatic heterocycles. The first-order valence-electron chi connectivity index (χ1n) is 6.50. The van der Waals surface area contributed by atoms with E-state index >= 15 is 0 Å². The molecule has 2 aliphatic rings. The van der Waals surface area contributed by atoms with Crippen LogP contribution >= 0.6 is 24.0 Å². The highest BCUT2D eigenvalue weighted by atomic mass is 35.5. The zero-order valence-electron chi connectivity index (χ0n) is 11.1. The Balaban J connectivity index is 0.00000161. The van der Waals surface area contributed by atoms with Gasteiger partial charge < -0.3 is 10.2 Å². The fraction of sp³-hybridized carbons (Fsp3) is 0.462. The van der Waals surface area contributed by atoms with Gasteiger partial charge in [-0.1, -0.05) is 11.6 Å². The van der Waals surface area contributed by atoms with Gasteiger partial charge in [0, 0.05) is 38.3 Å². The van der Waals surface area contributed by atoms with Crippen LogP contribution in [0.15, 0.2) is 18.2 Å². The van der Waals surface area contributed by atoms with Crippen LogP contribution in [0.25, 0.3) is 0 Å². The van der Waals surface area contributed by atoms with E-state index in [0.717, 1.165) is 26.2 Å². The average molecular weight is 332 g/mol. The van der Waals surface area contributed by atoms with Gasteiger partial charge in [-0.15, -0.1) is 12.4 Å². The number of nitro groups is 1. The molecule has 2 atom stereocenters. The smallest absolute Gasteiger partial charge is 0.270 e. The molecule has 3 rings (SSSR count). The maximum atomic E-state index is 12.4. The highest BCUT2D eigenvalue weighted by molar-refractivity contribution is 6.34. The van der Waals surface area contributed by atoms with Crippen LogP contribution in [0.1, 0.15) is 10.4 Å². The van der Waals surface area contributed by atoms with Crippen molar-refractivity contribution in [3.8, 4) is 0 Å². The SMILES string of the molecule is Cl.O=C(c1ccc([N+](=O)[O-])cc1Cl)N1C[C@H]2CNC[C@H]2C1. The number of carbonyl (C=O) groups excluding carboxylic acids is 1. The van der Waals surface area contributed by atoms with Crippen LogP contribution in [0.2, 0.25) is 5.02 Å². The summed E-state index contributed by atoms with van der Waals surface area (Å²) in [6.45, 7) is 3.35. The third kappa shape index (κ3) is 2.97. The summed E-state index contributed by atoms with van der Waals surface area (Å²) >= 11 is 6.00. The first kappa shape index (κ1) is 16.0. The summed E-state index contributed by atoms with van der Waals surface area (Å²) in [6.07, 6.45) is 0. The third-order valence-corrected chi connectivity index (χ3v) is 4.38. The summed E-state index contributed by atoms with van der Waals surface area (Å²) in [7, 11) is 0. The number of non-ortho nitro benzene ring substituents is 1. The van der Waals surface area contributed by atoms with Crippen molar-refractivity contribution in [1.29, 1.82) is 0 Å². The molecule has 1 amide bonds. The van der Waals surface area contributed by atoms with Crippen LogP contribution in [-0.4, -0.2) is 41.9 Å². The summed E-state index contributed by atoms with van der Waals surface area (Å²) in [4.78, 5) is 24.4. The summed E-state index contributed by atoms with van der Waals surface area (Å²) < 4.78 is 0. The molecule has 2 heterocycles. The van der Waals surface area contributed by atoms with E-state index < -0.39 is 4.92 Å². The number of rotatable bonds is 2. The van der Waals surface area contributed by atoms with Gasteiger partial charge in [0.1, 0.15) is 0 Å². The Kier molecular flexibility index (Phi) is 4.70. The molecule has 1 N–H and O–H groups in total. The molecular weight excluding hydrogens is 317 g/mol. The number of amides is 1. The number of hydrogen-bond acceptors (Lipinski definition) is 4. The lowest BCUT2D eigenvalue weighted by atomic mass is 10.0. The Hall–Kier alpha value is -1.37. The Morgan fingerprint density at radius 2 is 1.95 bits per heavy atom. The zero-order chi connectivity index (χ0) is 14.3. The van der Waals surface area contributed by atoms with Crippen molar-refractivity contribution in [2.45, 2.75) is 0 Å². The third-order valence-electron chi connectivity index (χ3n) is 4.07. The normalized spacial score (nSPS) is 23.6. The second kappa shape index (κ2) is 6.17. The molecule has 2 fully saturated rings. The number of nitrogens with zero attached hydrogens (tertiary/aromatic N) is 2. The van der Waals surface area contributed by atoms with E-state index in [4.69, 9.17) is 11.6 Å². The number of benzene rings is 1. The van der Waals surface area contributed by atoms with Gasteiger partial charge in [-0.3, -0.25) is 14.9 Å². The Morgan fingerprint density at radius 1 is 1.33 bits per heavy atom. The van der Waals surface area contributed by atoms with E-state index in [0.29, 0.717) is 17.4 Å². The molecule has 0 unspecified atom stereocenters. The van der Waals surface area contributed by atoms with Crippen molar-refractivity contribution in [3.63, 3.8) is 0 Å². The minimum atomic E-state index is -0.522. The van der Waals surface area contributed by atoms with E-state index in [1.807, 2.05) is 0 Å². The van der Waals surface area contributed by atoms with Gasteiger partial charge in [-0.05, 0) is 17.9 Å². The number of likely N-dealkylation sites (tertiary alicyclic amines) is 1. The predicted octanol–water partition coefficient (Wildman–Crippen LogP) is 1.96. The number of nitrogens with one attached hydrogen (secondary N) is 1. The Labute approximate surface area is 133 Å². The lowest BCUT2D eigenvalue weighted by molar-refractivity contribution is -0.384. The van der Waals surface area contributed by atoms with E-state index in [1.165, 1.54) is 18.2 Å². The molecule has 2 saturated heterocycles.